The van der Waals surface area contributed by atoms with Gasteiger partial charge in [0, 0.05) is 44.2 Å². The minimum atomic E-state index is -0.443. The Bertz CT molecular complexity index is 838. The fraction of sp³-hybridized carbons (Fsp3) is 0.333. The number of halogens is 2. The van der Waals surface area contributed by atoms with E-state index in [2.05, 4.69) is 10.2 Å². The van der Waals surface area contributed by atoms with Gasteiger partial charge in [0.2, 0.25) is 11.8 Å². The van der Waals surface area contributed by atoms with Crippen LogP contribution in [0.15, 0.2) is 48.5 Å². The van der Waals surface area contributed by atoms with Crippen LogP contribution in [0.2, 0.25) is 5.02 Å². The van der Waals surface area contributed by atoms with Crippen LogP contribution in [0.5, 0.6) is 0 Å². The normalized spacial score (nSPS) is 14.7. The van der Waals surface area contributed by atoms with Crippen molar-refractivity contribution in [2.45, 2.75) is 12.8 Å². The Labute approximate surface area is 169 Å². The van der Waals surface area contributed by atoms with Gasteiger partial charge in [-0.25, -0.2) is 4.39 Å². The number of hydrogen-bond acceptors (Lipinski definition) is 3. The van der Waals surface area contributed by atoms with Gasteiger partial charge in [-0.1, -0.05) is 41.9 Å². The summed E-state index contributed by atoms with van der Waals surface area (Å²) in [5, 5.41) is 3.20. The number of benzene rings is 2. The average Bonchev–Trinajstić information content (AvgIpc) is 2.70. The van der Waals surface area contributed by atoms with Crippen molar-refractivity contribution in [3.05, 3.63) is 64.9 Å². The summed E-state index contributed by atoms with van der Waals surface area (Å²) >= 11 is 6.13. The molecule has 0 unspecified atom stereocenters. The van der Waals surface area contributed by atoms with E-state index in [9.17, 15) is 14.0 Å². The monoisotopic (exact) mass is 403 g/mol. The maximum absolute atomic E-state index is 13.6. The standard InChI is InChI=1S/C21H23ClFN3O2/c22-17-6-2-1-5-16(17)15-21(28)26-13-11-25(12-14-26)10-9-20(27)24-19-8-4-3-7-18(19)23/h1-8H,9-15H2,(H,24,27). The molecule has 0 atom stereocenters. The molecule has 3 rings (SSSR count). The van der Waals surface area contributed by atoms with E-state index in [0.29, 0.717) is 44.2 Å². The number of rotatable bonds is 6. The van der Waals surface area contributed by atoms with Crippen molar-refractivity contribution < 1.29 is 14.0 Å². The Hall–Kier alpha value is -2.44. The number of carbonyl (C=O) groups excluding carboxylic acids is 2. The molecule has 0 radical (unpaired) electrons. The molecule has 0 aromatic heterocycles. The number of piperazine rings is 1. The summed E-state index contributed by atoms with van der Waals surface area (Å²) < 4.78 is 13.6. The van der Waals surface area contributed by atoms with Crippen molar-refractivity contribution in [2.75, 3.05) is 38.0 Å². The second-order valence-corrected chi connectivity index (χ2v) is 7.18. The van der Waals surface area contributed by atoms with Gasteiger partial charge in [-0.15, -0.1) is 0 Å². The summed E-state index contributed by atoms with van der Waals surface area (Å²) in [6.07, 6.45) is 0.576. The third-order valence-corrected chi connectivity index (χ3v) is 5.20. The largest absolute Gasteiger partial charge is 0.340 e. The predicted octanol–water partition coefficient (Wildman–Crippen LogP) is 3.19. The number of nitrogens with zero attached hydrogens (tertiary/aromatic N) is 2. The molecule has 1 saturated heterocycles. The van der Waals surface area contributed by atoms with Gasteiger partial charge < -0.3 is 10.2 Å². The van der Waals surface area contributed by atoms with Crippen LogP contribution in [0, 0.1) is 5.82 Å². The summed E-state index contributed by atoms with van der Waals surface area (Å²) in [6.45, 7) is 3.24. The Morgan fingerprint density at radius 2 is 1.68 bits per heavy atom. The van der Waals surface area contributed by atoms with Gasteiger partial charge in [0.25, 0.3) is 0 Å². The first-order chi connectivity index (χ1) is 13.5. The third-order valence-electron chi connectivity index (χ3n) is 4.83. The van der Waals surface area contributed by atoms with Crippen LogP contribution in [-0.4, -0.2) is 54.3 Å². The molecule has 1 fully saturated rings. The molecule has 0 aliphatic carbocycles. The molecule has 0 spiro atoms. The number of nitrogens with one attached hydrogen (secondary N) is 1. The fourth-order valence-electron chi connectivity index (χ4n) is 3.17. The predicted molar refractivity (Wildman–Crippen MR) is 108 cm³/mol. The maximum atomic E-state index is 13.6. The topological polar surface area (TPSA) is 52.7 Å². The lowest BCUT2D eigenvalue weighted by Gasteiger charge is -2.34. The van der Waals surface area contributed by atoms with Crippen LogP contribution in [0.3, 0.4) is 0 Å². The highest BCUT2D eigenvalue weighted by atomic mass is 35.5. The molecule has 7 heteroatoms. The van der Waals surface area contributed by atoms with Crippen molar-refractivity contribution in [3.63, 3.8) is 0 Å². The van der Waals surface area contributed by atoms with Crippen molar-refractivity contribution >= 4 is 29.1 Å². The van der Waals surface area contributed by atoms with E-state index < -0.39 is 5.82 Å². The van der Waals surface area contributed by atoms with Crippen LogP contribution in [0.25, 0.3) is 0 Å². The third kappa shape index (κ3) is 5.53. The summed E-state index contributed by atoms with van der Waals surface area (Å²) in [6, 6.07) is 13.5. The molecule has 2 amide bonds. The summed E-state index contributed by atoms with van der Waals surface area (Å²) in [4.78, 5) is 28.5. The zero-order valence-electron chi connectivity index (χ0n) is 15.5. The highest BCUT2D eigenvalue weighted by Gasteiger charge is 2.22. The fourth-order valence-corrected chi connectivity index (χ4v) is 3.37. The minimum absolute atomic E-state index is 0.0602. The van der Waals surface area contributed by atoms with Gasteiger partial charge in [-0.05, 0) is 23.8 Å². The summed E-state index contributed by atoms with van der Waals surface area (Å²) in [5.74, 6) is -0.603. The lowest BCUT2D eigenvalue weighted by atomic mass is 10.1. The zero-order valence-corrected chi connectivity index (χ0v) is 16.3. The first kappa shape index (κ1) is 20.3. The number of hydrogen-bond donors (Lipinski definition) is 1. The van der Waals surface area contributed by atoms with Crippen LogP contribution in [-0.2, 0) is 16.0 Å². The molecule has 1 aliphatic heterocycles. The lowest BCUT2D eigenvalue weighted by molar-refractivity contribution is -0.132. The molecule has 5 nitrogen and oxygen atoms in total. The van der Waals surface area contributed by atoms with Crippen molar-refractivity contribution in [1.29, 1.82) is 0 Å². The van der Waals surface area contributed by atoms with E-state index in [0.717, 1.165) is 5.56 Å². The highest BCUT2D eigenvalue weighted by Crippen LogP contribution is 2.17. The molecule has 2 aromatic rings. The molecule has 2 aromatic carbocycles. The van der Waals surface area contributed by atoms with Gasteiger partial charge >= 0.3 is 0 Å². The van der Waals surface area contributed by atoms with E-state index in [4.69, 9.17) is 11.6 Å². The van der Waals surface area contributed by atoms with Gasteiger partial charge in [-0.2, -0.15) is 0 Å². The molecule has 28 heavy (non-hydrogen) atoms. The number of para-hydroxylation sites is 1. The number of amides is 2. The van der Waals surface area contributed by atoms with Crippen LogP contribution in [0.4, 0.5) is 10.1 Å². The van der Waals surface area contributed by atoms with E-state index in [-0.39, 0.29) is 23.9 Å². The van der Waals surface area contributed by atoms with Gasteiger partial charge in [0.15, 0.2) is 0 Å². The quantitative estimate of drug-likeness (QED) is 0.805. The van der Waals surface area contributed by atoms with Crippen LogP contribution in [0.1, 0.15) is 12.0 Å². The molecule has 0 saturated carbocycles. The zero-order chi connectivity index (χ0) is 19.9. The van der Waals surface area contributed by atoms with Crippen molar-refractivity contribution in [2.24, 2.45) is 0 Å². The Kier molecular flexibility index (Phi) is 7.01. The molecule has 0 bridgehead atoms. The maximum Gasteiger partial charge on any atom is 0.227 e. The second-order valence-electron chi connectivity index (χ2n) is 6.77. The van der Waals surface area contributed by atoms with Crippen molar-refractivity contribution in [3.8, 4) is 0 Å². The van der Waals surface area contributed by atoms with E-state index in [1.807, 2.05) is 23.1 Å². The second kappa shape index (κ2) is 9.66. The minimum Gasteiger partial charge on any atom is -0.340 e. The molecule has 1 aliphatic rings. The Balaban J connectivity index is 1.40. The molecule has 1 heterocycles. The molecular formula is C21H23ClFN3O2. The average molecular weight is 404 g/mol. The van der Waals surface area contributed by atoms with E-state index in [1.165, 1.54) is 12.1 Å². The summed E-state index contributed by atoms with van der Waals surface area (Å²) in [7, 11) is 0. The molecule has 148 valence electrons. The Morgan fingerprint density at radius 1 is 1.00 bits per heavy atom. The Morgan fingerprint density at radius 3 is 2.39 bits per heavy atom. The number of anilines is 1. The van der Waals surface area contributed by atoms with Crippen LogP contribution >= 0.6 is 11.6 Å². The SMILES string of the molecule is O=C(CCN1CCN(C(=O)Cc2ccccc2Cl)CC1)Nc1ccccc1F. The van der Waals surface area contributed by atoms with E-state index in [1.54, 1.807) is 18.2 Å². The smallest absolute Gasteiger partial charge is 0.227 e. The lowest BCUT2D eigenvalue weighted by Crippen LogP contribution is -2.49. The first-order valence-electron chi connectivity index (χ1n) is 9.31. The molecule has 1 N–H and O–H groups in total. The van der Waals surface area contributed by atoms with Gasteiger partial charge in [0.05, 0.1) is 12.1 Å². The molecular weight excluding hydrogens is 381 g/mol. The van der Waals surface area contributed by atoms with E-state index >= 15 is 0 Å². The van der Waals surface area contributed by atoms with Crippen LogP contribution < -0.4 is 5.32 Å². The van der Waals surface area contributed by atoms with Gasteiger partial charge in [0.1, 0.15) is 5.82 Å². The summed E-state index contributed by atoms with van der Waals surface area (Å²) in [5.41, 5.74) is 1.03. The first-order valence-corrected chi connectivity index (χ1v) is 9.68. The van der Waals surface area contributed by atoms with Gasteiger partial charge in [-0.3, -0.25) is 14.5 Å². The highest BCUT2D eigenvalue weighted by molar-refractivity contribution is 6.31. The number of carbonyl (C=O) groups is 2. The van der Waals surface area contributed by atoms with Crippen molar-refractivity contribution in [1.82, 2.24) is 9.80 Å².